The number of rotatable bonds is 4. The van der Waals surface area contributed by atoms with Gasteiger partial charge in [0.2, 0.25) is 0 Å². The number of benzene rings is 2. The fourth-order valence-corrected chi connectivity index (χ4v) is 3.07. The molecule has 0 fully saturated rings. The summed E-state index contributed by atoms with van der Waals surface area (Å²) in [6.45, 7) is 1.16. The van der Waals surface area contributed by atoms with Crippen LogP contribution in [0, 0.1) is 0 Å². The van der Waals surface area contributed by atoms with E-state index in [4.69, 9.17) is 4.42 Å². The third-order valence-electron chi connectivity index (χ3n) is 4.30. The Morgan fingerprint density at radius 1 is 0.920 bits per heavy atom. The number of phenolic OH excluding ortho intramolecular Hbond substituents is 1. The molecule has 0 atom stereocenters. The maximum Gasteiger partial charge on any atom is 0.344 e. The second-order valence-electron chi connectivity index (χ2n) is 5.89. The monoisotopic (exact) mass is 333 g/mol. The second kappa shape index (κ2) is 6.37. The molecule has 0 radical (unpaired) electrons. The van der Waals surface area contributed by atoms with Gasteiger partial charge in [-0.15, -0.1) is 0 Å². The molecular weight excluding hydrogens is 316 g/mol. The third-order valence-corrected chi connectivity index (χ3v) is 4.30. The van der Waals surface area contributed by atoms with Crippen molar-refractivity contribution in [2.75, 3.05) is 0 Å². The molecule has 2 aromatic carbocycles. The molecule has 4 rings (SSSR count). The molecule has 5 heteroatoms. The summed E-state index contributed by atoms with van der Waals surface area (Å²) in [5, 5.41) is 14.5. The molecule has 0 aliphatic rings. The fraction of sp³-hybridized carbons (Fsp3) is 0.100. The minimum atomic E-state index is -0.389. The molecular formula is C20H17N2O3+. The van der Waals surface area contributed by atoms with Crippen LogP contribution >= 0.6 is 0 Å². The molecule has 0 saturated carbocycles. The van der Waals surface area contributed by atoms with Crippen LogP contribution in [0.5, 0.6) is 5.75 Å². The molecule has 0 aliphatic carbocycles. The molecule has 0 aliphatic heterocycles. The second-order valence-corrected chi connectivity index (χ2v) is 5.89. The van der Waals surface area contributed by atoms with E-state index in [1.54, 1.807) is 24.4 Å². The lowest BCUT2D eigenvalue weighted by Crippen LogP contribution is -2.80. The molecule has 4 aromatic rings. The van der Waals surface area contributed by atoms with E-state index in [1.807, 2.05) is 41.7 Å². The zero-order chi connectivity index (χ0) is 17.2. The Balaban J connectivity index is 1.75. The largest absolute Gasteiger partial charge is 0.507 e. The average Bonchev–Trinajstić information content (AvgIpc) is 2.65. The van der Waals surface area contributed by atoms with Crippen LogP contribution in [0.3, 0.4) is 0 Å². The number of phenols is 1. The van der Waals surface area contributed by atoms with Crippen molar-refractivity contribution in [3.05, 3.63) is 82.5 Å². The summed E-state index contributed by atoms with van der Waals surface area (Å²) in [5.74, 6) is 0.128. The summed E-state index contributed by atoms with van der Waals surface area (Å²) in [5.41, 5.74) is 1.63. The lowest BCUT2D eigenvalue weighted by atomic mass is 10.0. The first-order valence-corrected chi connectivity index (χ1v) is 8.12. The van der Waals surface area contributed by atoms with Crippen LogP contribution in [0.4, 0.5) is 0 Å². The first kappa shape index (κ1) is 15.4. The number of aromatic nitrogens is 1. The number of hydrogen-bond acceptors (Lipinski definition) is 4. The van der Waals surface area contributed by atoms with Crippen molar-refractivity contribution in [3.8, 4) is 5.75 Å². The van der Waals surface area contributed by atoms with Crippen LogP contribution < -0.4 is 10.9 Å². The minimum Gasteiger partial charge on any atom is -0.507 e. The standard InChI is InChI=1S/C20H16N2O3/c23-18-9-8-15-14-6-1-2-7-16(14)20(24)25-19(15)17(18)12-21-11-13-5-3-4-10-22-13/h1-10,21,23H,11-12H2/p+1. The van der Waals surface area contributed by atoms with Crippen LogP contribution in [0.1, 0.15) is 11.3 Å². The van der Waals surface area contributed by atoms with Gasteiger partial charge in [-0.2, -0.15) is 0 Å². The van der Waals surface area contributed by atoms with Crippen LogP contribution in [0.2, 0.25) is 0 Å². The van der Waals surface area contributed by atoms with Crippen LogP contribution in [0.15, 0.2) is 70.0 Å². The van der Waals surface area contributed by atoms with Crippen molar-refractivity contribution in [1.29, 1.82) is 0 Å². The van der Waals surface area contributed by atoms with Gasteiger partial charge < -0.3 is 14.8 Å². The number of nitrogens with zero attached hydrogens (tertiary/aromatic N) is 1. The van der Waals surface area contributed by atoms with Crippen LogP contribution in [-0.2, 0) is 13.1 Å². The number of quaternary nitrogens is 1. The molecule has 5 nitrogen and oxygen atoms in total. The molecule has 3 N–H and O–H groups in total. The molecule has 2 heterocycles. The fourth-order valence-electron chi connectivity index (χ4n) is 3.07. The Bertz CT molecular complexity index is 1100. The Morgan fingerprint density at radius 2 is 1.72 bits per heavy atom. The zero-order valence-corrected chi connectivity index (χ0v) is 13.5. The Hall–Kier alpha value is -3.18. The van der Waals surface area contributed by atoms with Gasteiger partial charge >= 0.3 is 5.63 Å². The lowest BCUT2D eigenvalue weighted by molar-refractivity contribution is -0.686. The Kier molecular flexibility index (Phi) is 3.91. The summed E-state index contributed by atoms with van der Waals surface area (Å²) in [7, 11) is 0. The highest BCUT2D eigenvalue weighted by Gasteiger charge is 2.15. The van der Waals surface area contributed by atoms with E-state index in [9.17, 15) is 9.90 Å². The van der Waals surface area contributed by atoms with Crippen molar-refractivity contribution < 1.29 is 14.8 Å². The predicted octanol–water partition coefficient (Wildman–Crippen LogP) is 2.31. The quantitative estimate of drug-likeness (QED) is 0.444. The highest BCUT2D eigenvalue weighted by atomic mass is 16.4. The first-order chi connectivity index (χ1) is 12.2. The molecule has 25 heavy (non-hydrogen) atoms. The van der Waals surface area contributed by atoms with Gasteiger partial charge in [0.05, 0.1) is 16.6 Å². The molecule has 0 saturated heterocycles. The van der Waals surface area contributed by atoms with Gasteiger partial charge in [-0.05, 0) is 35.7 Å². The van der Waals surface area contributed by atoms with E-state index in [-0.39, 0.29) is 11.4 Å². The van der Waals surface area contributed by atoms with Gasteiger partial charge in [0.25, 0.3) is 0 Å². The molecule has 2 aromatic heterocycles. The van der Waals surface area contributed by atoms with Gasteiger partial charge in [-0.1, -0.05) is 24.3 Å². The topological polar surface area (TPSA) is 79.9 Å². The predicted molar refractivity (Wildman–Crippen MR) is 95.2 cm³/mol. The Labute approximate surface area is 143 Å². The molecule has 0 unspecified atom stereocenters. The lowest BCUT2D eigenvalue weighted by Gasteiger charge is -2.09. The summed E-state index contributed by atoms with van der Waals surface area (Å²) in [6.07, 6.45) is 1.75. The van der Waals surface area contributed by atoms with Gasteiger partial charge in [-0.3, -0.25) is 4.98 Å². The number of pyridine rings is 1. The smallest absolute Gasteiger partial charge is 0.344 e. The van der Waals surface area contributed by atoms with Gasteiger partial charge in [0, 0.05) is 11.6 Å². The zero-order valence-electron chi connectivity index (χ0n) is 13.5. The normalized spacial score (nSPS) is 11.2. The summed E-state index contributed by atoms with van der Waals surface area (Å²) in [6, 6.07) is 16.6. The van der Waals surface area contributed by atoms with Crippen LogP contribution in [0.25, 0.3) is 21.7 Å². The van der Waals surface area contributed by atoms with Gasteiger partial charge in [0.1, 0.15) is 18.8 Å². The Morgan fingerprint density at radius 3 is 2.52 bits per heavy atom. The van der Waals surface area contributed by atoms with Crippen LogP contribution in [-0.4, -0.2) is 10.1 Å². The van der Waals surface area contributed by atoms with E-state index in [1.165, 1.54) is 0 Å². The van der Waals surface area contributed by atoms with Crippen molar-refractivity contribution in [3.63, 3.8) is 0 Å². The van der Waals surface area contributed by atoms with Gasteiger partial charge in [-0.25, -0.2) is 4.79 Å². The first-order valence-electron chi connectivity index (χ1n) is 8.12. The number of nitrogens with two attached hydrogens (primary N) is 1. The maximum absolute atomic E-state index is 12.3. The number of fused-ring (bicyclic) bond motifs is 3. The summed E-state index contributed by atoms with van der Waals surface area (Å²) < 4.78 is 5.54. The highest BCUT2D eigenvalue weighted by Crippen LogP contribution is 2.30. The van der Waals surface area contributed by atoms with Crippen molar-refractivity contribution >= 4 is 21.7 Å². The van der Waals surface area contributed by atoms with Gasteiger partial charge in [0.15, 0.2) is 5.58 Å². The maximum atomic E-state index is 12.3. The SMILES string of the molecule is O=c1oc2c(C[NH2+]Cc3ccccn3)c(O)ccc2c2ccccc12. The minimum absolute atomic E-state index is 0.128. The van der Waals surface area contributed by atoms with E-state index >= 15 is 0 Å². The molecule has 124 valence electrons. The number of hydrogen-bond donors (Lipinski definition) is 2. The van der Waals surface area contributed by atoms with E-state index in [0.717, 1.165) is 16.5 Å². The van der Waals surface area contributed by atoms with Crippen molar-refractivity contribution in [1.82, 2.24) is 4.98 Å². The molecule has 0 bridgehead atoms. The molecule has 0 amide bonds. The third kappa shape index (κ3) is 2.86. The van der Waals surface area contributed by atoms with E-state index < -0.39 is 0 Å². The highest BCUT2D eigenvalue weighted by molar-refractivity contribution is 6.05. The molecule has 0 spiro atoms. The van der Waals surface area contributed by atoms with Crippen molar-refractivity contribution in [2.24, 2.45) is 0 Å². The van der Waals surface area contributed by atoms with E-state index in [0.29, 0.717) is 29.6 Å². The average molecular weight is 333 g/mol. The number of aromatic hydroxyl groups is 1. The summed E-state index contributed by atoms with van der Waals surface area (Å²) in [4.78, 5) is 16.6. The van der Waals surface area contributed by atoms with Crippen molar-refractivity contribution in [2.45, 2.75) is 13.1 Å². The van der Waals surface area contributed by atoms with E-state index in [2.05, 4.69) is 4.98 Å². The summed E-state index contributed by atoms with van der Waals surface area (Å²) >= 11 is 0.